The summed E-state index contributed by atoms with van der Waals surface area (Å²) in [4.78, 5) is 16.3. The van der Waals surface area contributed by atoms with Gasteiger partial charge in [0.25, 0.3) is 0 Å². The molecule has 1 aromatic carbocycles. The first-order chi connectivity index (χ1) is 10.2. The minimum atomic E-state index is -0.244. The Kier molecular flexibility index (Phi) is 3.84. The van der Waals surface area contributed by atoms with Gasteiger partial charge in [-0.3, -0.25) is 0 Å². The molecule has 0 radical (unpaired) electrons. The van der Waals surface area contributed by atoms with E-state index in [0.29, 0.717) is 6.61 Å². The zero-order valence-electron chi connectivity index (χ0n) is 12.1. The molecule has 0 aliphatic carbocycles. The topological polar surface area (TPSA) is 65.6 Å². The number of benzene rings is 1. The number of aliphatic hydroxyl groups is 1. The van der Waals surface area contributed by atoms with Crippen molar-refractivity contribution in [2.24, 2.45) is 0 Å². The molecule has 1 saturated heterocycles. The molecule has 0 bridgehead atoms. The summed E-state index contributed by atoms with van der Waals surface area (Å²) in [5.41, 5.74) is 3.54. The number of rotatable bonds is 5. The normalized spacial score (nSPS) is 18.5. The number of cyclic esters (lactones) is 1. The summed E-state index contributed by atoms with van der Waals surface area (Å²) in [6.45, 7) is 0.663. The molecule has 1 atom stereocenters. The summed E-state index contributed by atoms with van der Waals surface area (Å²) in [7, 11) is 1.78. The standard InChI is InChI=1S/C16H20N2O3/c1-18-13(10-21-16(18)20)7-11-4-5-15-14(8-11)12(9-17-15)3-2-6-19/h4-5,8-9,13,17,19H,2-3,6-7,10H2,1H3. The highest BCUT2D eigenvalue weighted by Crippen LogP contribution is 2.23. The van der Waals surface area contributed by atoms with Crippen molar-refractivity contribution in [3.8, 4) is 0 Å². The number of aryl methyl sites for hydroxylation is 1. The molecule has 1 unspecified atom stereocenters. The third-order valence-corrected chi connectivity index (χ3v) is 4.14. The zero-order valence-corrected chi connectivity index (χ0v) is 12.1. The molecular weight excluding hydrogens is 268 g/mol. The molecule has 112 valence electrons. The number of nitrogens with zero attached hydrogens (tertiary/aromatic N) is 1. The van der Waals surface area contributed by atoms with E-state index in [2.05, 4.69) is 23.2 Å². The quantitative estimate of drug-likeness (QED) is 0.885. The number of hydrogen-bond donors (Lipinski definition) is 2. The fourth-order valence-corrected chi connectivity index (χ4v) is 2.83. The van der Waals surface area contributed by atoms with Gasteiger partial charge in [-0.2, -0.15) is 0 Å². The number of likely N-dealkylation sites (N-methyl/N-ethyl adjacent to an activating group) is 1. The molecule has 0 spiro atoms. The van der Waals surface area contributed by atoms with Crippen LogP contribution in [0.1, 0.15) is 17.5 Å². The Hall–Kier alpha value is -2.01. The first kappa shape index (κ1) is 13.9. The highest BCUT2D eigenvalue weighted by Gasteiger charge is 2.29. The van der Waals surface area contributed by atoms with Crippen LogP contribution in [0.4, 0.5) is 4.79 Å². The molecule has 1 fully saturated rings. The number of H-pyrrole nitrogens is 1. The second kappa shape index (κ2) is 5.77. The minimum Gasteiger partial charge on any atom is -0.447 e. The summed E-state index contributed by atoms with van der Waals surface area (Å²) < 4.78 is 5.05. The molecule has 1 aliphatic heterocycles. The van der Waals surface area contributed by atoms with Crippen molar-refractivity contribution in [2.75, 3.05) is 20.3 Å². The number of aromatic amines is 1. The number of aromatic nitrogens is 1. The second-order valence-electron chi connectivity index (χ2n) is 5.57. The lowest BCUT2D eigenvalue weighted by Gasteiger charge is -2.16. The highest BCUT2D eigenvalue weighted by molar-refractivity contribution is 5.84. The minimum absolute atomic E-state index is 0.106. The number of fused-ring (bicyclic) bond motifs is 1. The van der Waals surface area contributed by atoms with Crippen molar-refractivity contribution in [1.29, 1.82) is 0 Å². The molecule has 1 aliphatic rings. The van der Waals surface area contributed by atoms with Gasteiger partial charge in [0.05, 0.1) is 6.04 Å². The third-order valence-electron chi connectivity index (χ3n) is 4.14. The van der Waals surface area contributed by atoms with E-state index in [9.17, 15) is 4.79 Å². The lowest BCUT2D eigenvalue weighted by atomic mass is 10.0. The molecule has 2 heterocycles. The van der Waals surface area contributed by atoms with Crippen LogP contribution in [0.25, 0.3) is 10.9 Å². The van der Waals surface area contributed by atoms with Crippen LogP contribution in [0, 0.1) is 0 Å². The predicted molar refractivity (Wildman–Crippen MR) is 80.3 cm³/mol. The van der Waals surface area contributed by atoms with E-state index in [0.717, 1.165) is 24.8 Å². The largest absolute Gasteiger partial charge is 0.447 e. The Morgan fingerprint density at radius 3 is 3.05 bits per heavy atom. The number of aliphatic hydroxyl groups excluding tert-OH is 1. The van der Waals surface area contributed by atoms with Crippen molar-refractivity contribution in [3.05, 3.63) is 35.5 Å². The van der Waals surface area contributed by atoms with Gasteiger partial charge in [0.2, 0.25) is 0 Å². The maximum absolute atomic E-state index is 11.4. The van der Waals surface area contributed by atoms with E-state index >= 15 is 0 Å². The van der Waals surface area contributed by atoms with Crippen LogP contribution in [0.2, 0.25) is 0 Å². The Labute approximate surface area is 123 Å². The molecular formula is C16H20N2O3. The molecule has 21 heavy (non-hydrogen) atoms. The van der Waals surface area contributed by atoms with Crippen LogP contribution >= 0.6 is 0 Å². The summed E-state index contributed by atoms with van der Waals surface area (Å²) in [5.74, 6) is 0. The van der Waals surface area contributed by atoms with Crippen LogP contribution in [0.3, 0.4) is 0 Å². The molecule has 5 nitrogen and oxygen atoms in total. The van der Waals surface area contributed by atoms with Crippen molar-refractivity contribution in [2.45, 2.75) is 25.3 Å². The fourth-order valence-electron chi connectivity index (χ4n) is 2.83. The average Bonchev–Trinajstić information content (AvgIpc) is 3.03. The smallest absolute Gasteiger partial charge is 0.409 e. The fraction of sp³-hybridized carbons (Fsp3) is 0.438. The van der Waals surface area contributed by atoms with Gasteiger partial charge in [-0.05, 0) is 42.5 Å². The molecule has 5 heteroatoms. The van der Waals surface area contributed by atoms with E-state index in [1.165, 1.54) is 16.5 Å². The number of hydrogen-bond acceptors (Lipinski definition) is 3. The van der Waals surface area contributed by atoms with Gasteiger partial charge < -0.3 is 19.7 Å². The van der Waals surface area contributed by atoms with Crippen molar-refractivity contribution in [1.82, 2.24) is 9.88 Å². The number of nitrogens with one attached hydrogen (secondary N) is 1. The summed E-state index contributed by atoms with van der Waals surface area (Å²) >= 11 is 0. The molecule has 2 aromatic rings. The van der Waals surface area contributed by atoms with Crippen LogP contribution in [-0.4, -0.2) is 47.4 Å². The molecule has 2 N–H and O–H groups in total. The Morgan fingerprint density at radius 1 is 1.48 bits per heavy atom. The highest BCUT2D eigenvalue weighted by atomic mass is 16.6. The molecule has 3 rings (SSSR count). The Balaban J connectivity index is 1.81. The van der Waals surface area contributed by atoms with Gasteiger partial charge in [-0.1, -0.05) is 6.07 Å². The van der Waals surface area contributed by atoms with Crippen molar-refractivity contribution >= 4 is 17.0 Å². The lowest BCUT2D eigenvalue weighted by molar-refractivity contribution is 0.163. The van der Waals surface area contributed by atoms with Gasteiger partial charge in [-0.25, -0.2) is 4.79 Å². The van der Waals surface area contributed by atoms with Gasteiger partial charge in [0, 0.05) is 30.8 Å². The molecule has 1 aromatic heterocycles. The number of carbonyl (C=O) groups is 1. The predicted octanol–water partition coefficient (Wildman–Crippen LogP) is 2.09. The summed E-state index contributed by atoms with van der Waals surface area (Å²) in [5, 5.41) is 10.2. The van der Waals surface area contributed by atoms with Crippen molar-refractivity contribution < 1.29 is 14.6 Å². The third kappa shape index (κ3) is 2.74. The van der Waals surface area contributed by atoms with Gasteiger partial charge in [0.1, 0.15) is 6.61 Å². The Morgan fingerprint density at radius 2 is 2.33 bits per heavy atom. The molecule has 1 amide bonds. The first-order valence-corrected chi connectivity index (χ1v) is 7.28. The van der Waals surface area contributed by atoms with Crippen molar-refractivity contribution in [3.63, 3.8) is 0 Å². The lowest BCUT2D eigenvalue weighted by Crippen LogP contribution is -2.31. The SMILES string of the molecule is CN1C(=O)OCC1Cc1ccc2[nH]cc(CCCO)c2c1. The zero-order chi connectivity index (χ0) is 14.8. The van der Waals surface area contributed by atoms with E-state index in [-0.39, 0.29) is 18.7 Å². The monoisotopic (exact) mass is 288 g/mol. The summed E-state index contributed by atoms with van der Waals surface area (Å²) in [6, 6.07) is 6.44. The first-order valence-electron chi connectivity index (χ1n) is 7.28. The summed E-state index contributed by atoms with van der Waals surface area (Å²) in [6.07, 6.45) is 4.20. The van der Waals surface area contributed by atoms with Gasteiger partial charge in [0.15, 0.2) is 0 Å². The van der Waals surface area contributed by atoms with Gasteiger partial charge >= 0.3 is 6.09 Å². The Bertz CT molecular complexity index is 650. The van der Waals surface area contributed by atoms with E-state index in [1.807, 2.05) is 6.20 Å². The second-order valence-corrected chi connectivity index (χ2v) is 5.57. The maximum atomic E-state index is 11.4. The maximum Gasteiger partial charge on any atom is 0.409 e. The van der Waals surface area contributed by atoms with Crippen LogP contribution in [-0.2, 0) is 17.6 Å². The number of carbonyl (C=O) groups excluding carboxylic acids is 1. The van der Waals surface area contributed by atoms with E-state index in [4.69, 9.17) is 9.84 Å². The number of ether oxygens (including phenoxy) is 1. The van der Waals surface area contributed by atoms with Crippen LogP contribution < -0.4 is 0 Å². The molecule has 0 saturated carbocycles. The van der Waals surface area contributed by atoms with Crippen LogP contribution in [0.15, 0.2) is 24.4 Å². The average molecular weight is 288 g/mol. The number of amides is 1. The van der Waals surface area contributed by atoms with Gasteiger partial charge in [-0.15, -0.1) is 0 Å². The van der Waals surface area contributed by atoms with E-state index in [1.54, 1.807) is 11.9 Å². The van der Waals surface area contributed by atoms with E-state index < -0.39 is 0 Å². The van der Waals surface area contributed by atoms with Crippen LogP contribution in [0.5, 0.6) is 0 Å².